The topological polar surface area (TPSA) is 55.1 Å². The first-order valence-electron chi connectivity index (χ1n) is 7.14. The summed E-state index contributed by atoms with van der Waals surface area (Å²) in [7, 11) is 1.90. The molecule has 1 aromatic rings. The van der Waals surface area contributed by atoms with E-state index in [1.165, 1.54) is 12.8 Å². The van der Waals surface area contributed by atoms with Crippen LogP contribution in [0.25, 0.3) is 0 Å². The maximum absolute atomic E-state index is 11.7. The first kappa shape index (κ1) is 15.2. The predicted octanol–water partition coefficient (Wildman–Crippen LogP) is 1.47. The zero-order valence-corrected chi connectivity index (χ0v) is 13.2. The Morgan fingerprint density at radius 3 is 2.85 bits per heavy atom. The second-order valence-electron chi connectivity index (χ2n) is 5.44. The Kier molecular flexibility index (Phi) is 4.93. The summed E-state index contributed by atoms with van der Waals surface area (Å²) in [6.45, 7) is 5.65. The molecule has 1 aliphatic carbocycles. The molecule has 1 aromatic heterocycles. The molecule has 1 fully saturated rings. The molecule has 1 heterocycles. The standard InChI is InChI=1S/C13H23N5OS/c1-4-7-14-12(19)8-16(3)9-17-13(20)18(10(2)15-17)11-5-6-11/h11H,4-9H2,1-3H3,(H,14,19). The van der Waals surface area contributed by atoms with E-state index in [-0.39, 0.29) is 5.91 Å². The summed E-state index contributed by atoms with van der Waals surface area (Å²) in [5.41, 5.74) is 0. The van der Waals surface area contributed by atoms with Crippen molar-refractivity contribution in [3.63, 3.8) is 0 Å². The van der Waals surface area contributed by atoms with E-state index in [0.29, 0.717) is 19.3 Å². The number of amides is 1. The first-order chi connectivity index (χ1) is 9.52. The number of aromatic nitrogens is 3. The highest BCUT2D eigenvalue weighted by Crippen LogP contribution is 2.35. The van der Waals surface area contributed by atoms with Gasteiger partial charge in [-0.3, -0.25) is 9.69 Å². The summed E-state index contributed by atoms with van der Waals surface area (Å²) in [4.78, 5) is 13.6. The lowest BCUT2D eigenvalue weighted by atomic mass is 10.4. The van der Waals surface area contributed by atoms with Gasteiger partial charge in [0.15, 0.2) is 4.77 Å². The smallest absolute Gasteiger partial charge is 0.234 e. The Bertz CT molecular complexity index is 531. The van der Waals surface area contributed by atoms with Gasteiger partial charge in [0.05, 0.1) is 13.2 Å². The normalized spacial score (nSPS) is 14.8. The number of aryl methyl sites for hydroxylation is 1. The summed E-state index contributed by atoms with van der Waals surface area (Å²) in [6, 6.07) is 0.536. The van der Waals surface area contributed by atoms with Crippen molar-refractivity contribution >= 4 is 18.1 Å². The molecule has 0 unspecified atom stereocenters. The molecule has 0 radical (unpaired) electrons. The maximum Gasteiger partial charge on any atom is 0.234 e. The predicted molar refractivity (Wildman–Crippen MR) is 80.0 cm³/mol. The largest absolute Gasteiger partial charge is 0.355 e. The van der Waals surface area contributed by atoms with E-state index in [9.17, 15) is 4.79 Å². The first-order valence-corrected chi connectivity index (χ1v) is 7.55. The molecule has 112 valence electrons. The Hall–Kier alpha value is -1.21. The van der Waals surface area contributed by atoms with Crippen LogP contribution in [0.3, 0.4) is 0 Å². The van der Waals surface area contributed by atoms with E-state index < -0.39 is 0 Å². The summed E-state index contributed by atoms with van der Waals surface area (Å²) in [5, 5.41) is 7.35. The molecule has 0 spiro atoms. The number of hydrogen-bond acceptors (Lipinski definition) is 4. The van der Waals surface area contributed by atoms with E-state index in [0.717, 1.165) is 23.6 Å². The van der Waals surface area contributed by atoms with Gasteiger partial charge in [0.25, 0.3) is 0 Å². The molecule has 20 heavy (non-hydrogen) atoms. The molecule has 6 nitrogen and oxygen atoms in total. The van der Waals surface area contributed by atoms with Gasteiger partial charge in [0.2, 0.25) is 5.91 Å². The van der Waals surface area contributed by atoms with Crippen LogP contribution in [0.15, 0.2) is 0 Å². The third-order valence-corrected chi connectivity index (χ3v) is 3.72. The highest BCUT2D eigenvalue weighted by Gasteiger charge is 2.27. The number of carbonyl (C=O) groups is 1. The minimum atomic E-state index is 0.0409. The lowest BCUT2D eigenvalue weighted by molar-refractivity contribution is -0.122. The van der Waals surface area contributed by atoms with Crippen molar-refractivity contribution in [3.8, 4) is 0 Å². The lowest BCUT2D eigenvalue weighted by Gasteiger charge is -2.15. The van der Waals surface area contributed by atoms with Gasteiger partial charge in [-0.15, -0.1) is 0 Å². The minimum Gasteiger partial charge on any atom is -0.355 e. The quantitative estimate of drug-likeness (QED) is 0.775. The number of rotatable bonds is 7. The minimum absolute atomic E-state index is 0.0409. The van der Waals surface area contributed by atoms with Crippen molar-refractivity contribution in [1.29, 1.82) is 0 Å². The lowest BCUT2D eigenvalue weighted by Crippen LogP contribution is -2.36. The second-order valence-corrected chi connectivity index (χ2v) is 5.80. The Labute approximate surface area is 124 Å². The van der Waals surface area contributed by atoms with Crippen LogP contribution in [-0.2, 0) is 11.5 Å². The van der Waals surface area contributed by atoms with E-state index >= 15 is 0 Å². The Morgan fingerprint density at radius 2 is 2.25 bits per heavy atom. The molecule has 1 N–H and O–H groups in total. The van der Waals surface area contributed by atoms with Gasteiger partial charge in [-0.1, -0.05) is 6.92 Å². The maximum atomic E-state index is 11.7. The number of hydrogen-bond donors (Lipinski definition) is 1. The zero-order valence-electron chi connectivity index (χ0n) is 12.4. The molecular formula is C13H23N5OS. The van der Waals surface area contributed by atoms with Crippen molar-refractivity contribution in [2.45, 2.75) is 45.8 Å². The fraction of sp³-hybridized carbons (Fsp3) is 0.769. The van der Waals surface area contributed by atoms with Crippen LogP contribution in [-0.4, -0.2) is 45.3 Å². The molecule has 1 amide bonds. The van der Waals surface area contributed by atoms with E-state index in [4.69, 9.17) is 12.2 Å². The molecule has 1 saturated carbocycles. The van der Waals surface area contributed by atoms with Gasteiger partial charge in [-0.05, 0) is 45.5 Å². The highest BCUT2D eigenvalue weighted by molar-refractivity contribution is 7.71. The average Bonchev–Trinajstić information content (AvgIpc) is 3.16. The van der Waals surface area contributed by atoms with Crippen molar-refractivity contribution in [2.75, 3.05) is 20.1 Å². The van der Waals surface area contributed by atoms with Crippen LogP contribution in [0.5, 0.6) is 0 Å². The molecular weight excluding hydrogens is 274 g/mol. The summed E-state index contributed by atoms with van der Waals surface area (Å²) >= 11 is 5.47. The molecule has 2 rings (SSSR count). The van der Waals surface area contributed by atoms with Crippen molar-refractivity contribution in [3.05, 3.63) is 10.6 Å². The van der Waals surface area contributed by atoms with Crippen molar-refractivity contribution in [1.82, 2.24) is 24.6 Å². The summed E-state index contributed by atoms with van der Waals surface area (Å²) in [6.07, 6.45) is 3.33. The summed E-state index contributed by atoms with van der Waals surface area (Å²) < 4.78 is 4.68. The third-order valence-electron chi connectivity index (χ3n) is 3.31. The van der Waals surface area contributed by atoms with Gasteiger partial charge < -0.3 is 9.88 Å². The Balaban J connectivity index is 1.94. The van der Waals surface area contributed by atoms with E-state index in [1.807, 2.05) is 25.8 Å². The molecule has 0 atom stereocenters. The van der Waals surface area contributed by atoms with Crippen LogP contribution in [0.2, 0.25) is 0 Å². The second kappa shape index (κ2) is 6.49. The Morgan fingerprint density at radius 1 is 1.55 bits per heavy atom. The molecule has 7 heteroatoms. The van der Waals surface area contributed by atoms with Gasteiger partial charge in [0, 0.05) is 12.6 Å². The SMILES string of the molecule is CCCNC(=O)CN(C)Cn1nc(C)n(C2CC2)c1=S. The van der Waals surface area contributed by atoms with Gasteiger partial charge in [0.1, 0.15) is 5.82 Å². The summed E-state index contributed by atoms with van der Waals surface area (Å²) in [5.74, 6) is 1.00. The molecule has 0 aromatic carbocycles. The zero-order chi connectivity index (χ0) is 14.7. The molecule has 0 aliphatic heterocycles. The number of nitrogens with zero attached hydrogens (tertiary/aromatic N) is 4. The number of nitrogens with one attached hydrogen (secondary N) is 1. The van der Waals surface area contributed by atoms with Crippen LogP contribution < -0.4 is 5.32 Å². The van der Waals surface area contributed by atoms with Gasteiger partial charge in [-0.2, -0.15) is 5.10 Å². The number of carbonyl (C=O) groups excluding carboxylic acids is 1. The highest BCUT2D eigenvalue weighted by atomic mass is 32.1. The van der Waals surface area contributed by atoms with Crippen molar-refractivity contribution in [2.24, 2.45) is 0 Å². The van der Waals surface area contributed by atoms with Crippen LogP contribution in [0.4, 0.5) is 0 Å². The fourth-order valence-corrected chi connectivity index (χ4v) is 2.60. The van der Waals surface area contributed by atoms with Crippen molar-refractivity contribution < 1.29 is 4.79 Å². The van der Waals surface area contributed by atoms with Gasteiger partial charge >= 0.3 is 0 Å². The molecule has 1 aliphatic rings. The average molecular weight is 297 g/mol. The van der Waals surface area contributed by atoms with Crippen LogP contribution in [0.1, 0.15) is 38.1 Å². The van der Waals surface area contributed by atoms with Crippen LogP contribution in [0, 0.1) is 11.7 Å². The van der Waals surface area contributed by atoms with E-state index in [1.54, 1.807) is 4.68 Å². The molecule has 0 bridgehead atoms. The molecule has 0 saturated heterocycles. The van der Waals surface area contributed by atoms with Crippen LogP contribution >= 0.6 is 12.2 Å². The monoisotopic (exact) mass is 297 g/mol. The number of likely N-dealkylation sites (N-methyl/N-ethyl adjacent to an activating group) is 1. The van der Waals surface area contributed by atoms with Gasteiger partial charge in [-0.25, -0.2) is 4.68 Å². The van der Waals surface area contributed by atoms with E-state index in [2.05, 4.69) is 15.0 Å². The fourth-order valence-electron chi connectivity index (χ4n) is 2.22. The third kappa shape index (κ3) is 3.67.